The molecule has 6 N–H and O–H groups in total. The number of nitrogen functional groups attached to an aromatic ring is 1. The van der Waals surface area contributed by atoms with E-state index in [4.69, 9.17) is 15.6 Å². The van der Waals surface area contributed by atoms with E-state index in [1.54, 1.807) is 55.8 Å². The molecule has 29 heavy (non-hydrogen) atoms. The first-order valence-electron chi connectivity index (χ1n) is 8.89. The molecule has 0 radical (unpaired) electrons. The molecule has 150 valence electrons. The largest absolute Gasteiger partial charge is 0.495 e. The van der Waals surface area contributed by atoms with E-state index in [0.717, 1.165) is 16.9 Å². The standard InChI is InChI=1S/C20H22N6O3/c1-29-18-7-2-13(12-16(18)21)17-8-9-22-19(26-17)24-14-3-5-15(6-4-14)25-20(28)23-10-11-27/h2-9,12,27H,10-11,21H2,1H3,(H,22,24,26)(H2,23,25,28). The third-order valence-corrected chi connectivity index (χ3v) is 3.98. The number of nitrogens with one attached hydrogen (secondary N) is 3. The normalized spacial score (nSPS) is 10.3. The minimum absolute atomic E-state index is 0.113. The Morgan fingerprint density at radius 1 is 1.14 bits per heavy atom. The highest BCUT2D eigenvalue weighted by molar-refractivity contribution is 5.89. The van der Waals surface area contributed by atoms with Crippen LogP contribution in [-0.2, 0) is 0 Å². The van der Waals surface area contributed by atoms with Crippen molar-refractivity contribution in [2.24, 2.45) is 0 Å². The van der Waals surface area contributed by atoms with E-state index in [9.17, 15) is 4.79 Å². The number of nitrogens with two attached hydrogens (primary N) is 1. The fourth-order valence-electron chi connectivity index (χ4n) is 2.58. The molecule has 0 aliphatic heterocycles. The molecule has 0 fully saturated rings. The second-order valence-corrected chi connectivity index (χ2v) is 6.03. The van der Waals surface area contributed by atoms with Gasteiger partial charge in [0.05, 0.1) is 25.1 Å². The molecule has 1 aromatic heterocycles. The van der Waals surface area contributed by atoms with Gasteiger partial charge in [-0.15, -0.1) is 0 Å². The van der Waals surface area contributed by atoms with E-state index in [-0.39, 0.29) is 19.2 Å². The number of rotatable bonds is 7. The third kappa shape index (κ3) is 5.33. The highest BCUT2D eigenvalue weighted by Crippen LogP contribution is 2.28. The molecule has 2 amide bonds. The molecule has 1 heterocycles. The molecule has 9 nitrogen and oxygen atoms in total. The number of carbonyl (C=O) groups is 1. The smallest absolute Gasteiger partial charge is 0.319 e. The van der Waals surface area contributed by atoms with Gasteiger partial charge in [0.15, 0.2) is 0 Å². The van der Waals surface area contributed by atoms with Crippen molar-refractivity contribution in [3.05, 3.63) is 54.7 Å². The van der Waals surface area contributed by atoms with Crippen LogP contribution < -0.4 is 26.4 Å². The summed E-state index contributed by atoms with van der Waals surface area (Å²) in [7, 11) is 1.57. The van der Waals surface area contributed by atoms with E-state index >= 15 is 0 Å². The van der Waals surface area contributed by atoms with Crippen LogP contribution in [0.4, 0.5) is 27.8 Å². The fraction of sp³-hybridized carbons (Fsp3) is 0.150. The topological polar surface area (TPSA) is 134 Å². The first-order chi connectivity index (χ1) is 14.1. The van der Waals surface area contributed by atoms with Gasteiger partial charge >= 0.3 is 6.03 Å². The van der Waals surface area contributed by atoms with Gasteiger partial charge in [-0.2, -0.15) is 0 Å². The predicted molar refractivity (Wildman–Crippen MR) is 112 cm³/mol. The zero-order chi connectivity index (χ0) is 20.6. The Balaban J connectivity index is 1.69. The fourth-order valence-corrected chi connectivity index (χ4v) is 2.58. The van der Waals surface area contributed by atoms with Gasteiger partial charge in [-0.3, -0.25) is 0 Å². The van der Waals surface area contributed by atoms with E-state index in [2.05, 4.69) is 25.9 Å². The molecule has 0 saturated carbocycles. The number of amides is 2. The molecule has 3 aromatic rings. The van der Waals surface area contributed by atoms with Crippen LogP contribution in [0.25, 0.3) is 11.3 Å². The number of aliphatic hydroxyl groups is 1. The number of urea groups is 1. The van der Waals surface area contributed by atoms with E-state index in [1.807, 2.05) is 6.07 Å². The molecule has 0 aliphatic carbocycles. The van der Waals surface area contributed by atoms with Gasteiger partial charge in [0.1, 0.15) is 5.75 Å². The molecule has 0 atom stereocenters. The zero-order valence-electron chi connectivity index (χ0n) is 15.8. The molecule has 0 bridgehead atoms. The second-order valence-electron chi connectivity index (χ2n) is 6.03. The Hall–Kier alpha value is -3.85. The molecular formula is C20H22N6O3. The molecular weight excluding hydrogens is 372 g/mol. The van der Waals surface area contributed by atoms with Crippen LogP contribution in [0, 0.1) is 0 Å². The Kier molecular flexibility index (Phi) is 6.43. The average Bonchev–Trinajstić information content (AvgIpc) is 2.74. The number of aliphatic hydroxyl groups excluding tert-OH is 1. The maximum Gasteiger partial charge on any atom is 0.319 e. The lowest BCUT2D eigenvalue weighted by Crippen LogP contribution is -2.30. The molecule has 9 heteroatoms. The average molecular weight is 394 g/mol. The molecule has 0 aliphatic rings. The van der Waals surface area contributed by atoms with Gasteiger partial charge < -0.3 is 31.5 Å². The number of hydrogen-bond acceptors (Lipinski definition) is 7. The Morgan fingerprint density at radius 3 is 2.59 bits per heavy atom. The molecule has 0 unspecified atom stereocenters. The number of aromatic nitrogens is 2. The summed E-state index contributed by atoms with van der Waals surface area (Å²) >= 11 is 0. The van der Waals surface area contributed by atoms with Gasteiger partial charge in [0.25, 0.3) is 0 Å². The van der Waals surface area contributed by atoms with E-state index in [0.29, 0.717) is 23.1 Å². The lowest BCUT2D eigenvalue weighted by molar-refractivity contribution is 0.245. The maximum atomic E-state index is 11.6. The zero-order valence-corrected chi connectivity index (χ0v) is 15.8. The number of anilines is 4. The van der Waals surface area contributed by atoms with Crippen LogP contribution >= 0.6 is 0 Å². The van der Waals surface area contributed by atoms with Crippen molar-refractivity contribution < 1.29 is 14.6 Å². The van der Waals surface area contributed by atoms with Gasteiger partial charge in [-0.05, 0) is 48.5 Å². The molecule has 0 saturated heterocycles. The van der Waals surface area contributed by atoms with E-state index in [1.165, 1.54) is 0 Å². The van der Waals surface area contributed by atoms with Crippen LogP contribution in [0.3, 0.4) is 0 Å². The van der Waals surface area contributed by atoms with Crippen molar-refractivity contribution in [2.45, 2.75) is 0 Å². The summed E-state index contributed by atoms with van der Waals surface area (Å²) in [6.07, 6.45) is 1.66. The number of methoxy groups -OCH3 is 1. The molecule has 0 spiro atoms. The summed E-state index contributed by atoms with van der Waals surface area (Å²) in [4.78, 5) is 20.4. The summed E-state index contributed by atoms with van der Waals surface area (Å²) in [6.45, 7) is 0.0808. The number of ether oxygens (including phenoxy) is 1. The van der Waals surface area contributed by atoms with Crippen molar-refractivity contribution in [1.82, 2.24) is 15.3 Å². The molecule has 3 rings (SSSR count). The number of carbonyl (C=O) groups excluding carboxylic acids is 1. The van der Waals surface area contributed by atoms with Gasteiger partial charge in [-0.25, -0.2) is 14.8 Å². The summed E-state index contributed by atoms with van der Waals surface area (Å²) in [5.41, 5.74) is 9.46. The lowest BCUT2D eigenvalue weighted by atomic mass is 10.1. The van der Waals surface area contributed by atoms with Crippen molar-refractivity contribution in [3.63, 3.8) is 0 Å². The van der Waals surface area contributed by atoms with E-state index < -0.39 is 0 Å². The van der Waals surface area contributed by atoms with Gasteiger partial charge in [-0.1, -0.05) is 0 Å². The minimum Gasteiger partial charge on any atom is -0.495 e. The summed E-state index contributed by atoms with van der Waals surface area (Å²) in [5.74, 6) is 1.04. The summed E-state index contributed by atoms with van der Waals surface area (Å²) < 4.78 is 5.18. The quantitative estimate of drug-likeness (QED) is 0.389. The van der Waals surface area contributed by atoms with Crippen molar-refractivity contribution in [2.75, 3.05) is 36.6 Å². The van der Waals surface area contributed by atoms with Crippen LogP contribution in [0.15, 0.2) is 54.7 Å². The first kappa shape index (κ1) is 19.9. The number of benzene rings is 2. The summed E-state index contributed by atoms with van der Waals surface area (Å²) in [6, 6.07) is 14.0. The van der Waals surface area contributed by atoms with Crippen molar-refractivity contribution >= 4 is 29.0 Å². The third-order valence-electron chi connectivity index (χ3n) is 3.98. The Labute approximate surface area is 168 Å². The predicted octanol–water partition coefficient (Wildman–Crippen LogP) is 2.59. The van der Waals surface area contributed by atoms with Gasteiger partial charge in [0.2, 0.25) is 5.95 Å². The molecule has 2 aromatic carbocycles. The highest BCUT2D eigenvalue weighted by atomic mass is 16.5. The minimum atomic E-state index is -0.380. The Morgan fingerprint density at radius 2 is 1.90 bits per heavy atom. The van der Waals surface area contributed by atoms with Crippen molar-refractivity contribution in [1.29, 1.82) is 0 Å². The highest BCUT2D eigenvalue weighted by Gasteiger charge is 2.07. The maximum absolute atomic E-state index is 11.6. The summed E-state index contributed by atoms with van der Waals surface area (Å²) in [5, 5.41) is 17.0. The first-order valence-corrected chi connectivity index (χ1v) is 8.89. The number of hydrogen-bond donors (Lipinski definition) is 5. The van der Waals surface area contributed by atoms with Crippen molar-refractivity contribution in [3.8, 4) is 17.0 Å². The van der Waals surface area contributed by atoms with Crippen LogP contribution in [0.1, 0.15) is 0 Å². The van der Waals surface area contributed by atoms with Crippen LogP contribution in [0.2, 0.25) is 0 Å². The number of nitrogens with zero attached hydrogens (tertiary/aromatic N) is 2. The van der Waals surface area contributed by atoms with Gasteiger partial charge in [0, 0.05) is 29.7 Å². The van der Waals surface area contributed by atoms with Crippen LogP contribution in [0.5, 0.6) is 5.75 Å². The Bertz CT molecular complexity index is 978. The SMILES string of the molecule is COc1ccc(-c2ccnc(Nc3ccc(NC(=O)NCCO)cc3)n2)cc1N. The lowest BCUT2D eigenvalue weighted by Gasteiger charge is -2.10. The monoisotopic (exact) mass is 394 g/mol. The van der Waals surface area contributed by atoms with Crippen LogP contribution in [-0.4, -0.2) is 41.4 Å². The second kappa shape index (κ2) is 9.38.